The summed E-state index contributed by atoms with van der Waals surface area (Å²) in [4.78, 5) is 0. The van der Waals surface area contributed by atoms with Gasteiger partial charge in [0.15, 0.2) is 0 Å². The van der Waals surface area contributed by atoms with Crippen LogP contribution in [0.1, 0.15) is 11.5 Å². The van der Waals surface area contributed by atoms with Crippen molar-refractivity contribution in [1.29, 1.82) is 0 Å². The average Bonchev–Trinajstić information content (AvgIpc) is 3.28. The Bertz CT molecular complexity index is 1060. The number of H-pyrrole nitrogens is 1. The summed E-state index contributed by atoms with van der Waals surface area (Å²) in [5, 5.41) is 22.3. The molecule has 0 aliphatic carbocycles. The minimum Gasteiger partial charge on any atom is -0.361 e. The van der Waals surface area contributed by atoms with E-state index >= 15 is 0 Å². The molecule has 2 aromatic carbocycles. The standard InChI is InChI=1S/C18H14Cl2N6O/c1-9-16(10(2)27-24-9)11-7-13(19)17(14(20)8-11)21-15-6-4-3-5-12(15)18-22-25-26-23-18/h3-8,21H,1-2H3,(H,22,23,25,26). The Kier molecular flexibility index (Phi) is 4.55. The van der Waals surface area contributed by atoms with Gasteiger partial charge in [-0.2, -0.15) is 5.21 Å². The van der Waals surface area contributed by atoms with E-state index in [2.05, 4.69) is 31.1 Å². The van der Waals surface area contributed by atoms with Gasteiger partial charge in [0.05, 0.1) is 21.4 Å². The number of rotatable bonds is 4. The Morgan fingerprint density at radius 1 is 1.07 bits per heavy atom. The van der Waals surface area contributed by atoms with Crippen LogP contribution < -0.4 is 5.32 Å². The maximum absolute atomic E-state index is 6.54. The minimum absolute atomic E-state index is 0.470. The third-order valence-electron chi connectivity index (χ3n) is 4.14. The maximum atomic E-state index is 6.54. The number of para-hydroxylation sites is 1. The monoisotopic (exact) mass is 400 g/mol. The van der Waals surface area contributed by atoms with Crippen LogP contribution in [0.15, 0.2) is 40.9 Å². The van der Waals surface area contributed by atoms with Crippen molar-refractivity contribution in [2.75, 3.05) is 5.32 Å². The van der Waals surface area contributed by atoms with Crippen LogP contribution in [0.4, 0.5) is 11.4 Å². The fourth-order valence-corrected chi connectivity index (χ4v) is 3.51. The van der Waals surface area contributed by atoms with Gasteiger partial charge in [0, 0.05) is 16.8 Å². The highest BCUT2D eigenvalue weighted by atomic mass is 35.5. The van der Waals surface area contributed by atoms with Crippen LogP contribution in [-0.2, 0) is 0 Å². The van der Waals surface area contributed by atoms with Gasteiger partial charge in [0.25, 0.3) is 0 Å². The van der Waals surface area contributed by atoms with Gasteiger partial charge in [-0.15, -0.1) is 10.2 Å². The SMILES string of the molecule is Cc1noc(C)c1-c1cc(Cl)c(Nc2ccccc2-c2nn[nH]n2)c(Cl)c1. The molecule has 0 fully saturated rings. The normalized spacial score (nSPS) is 11.0. The van der Waals surface area contributed by atoms with Crippen molar-refractivity contribution < 1.29 is 4.52 Å². The quantitative estimate of drug-likeness (QED) is 0.489. The van der Waals surface area contributed by atoms with Crippen molar-refractivity contribution in [2.24, 2.45) is 0 Å². The number of tetrazole rings is 1. The summed E-state index contributed by atoms with van der Waals surface area (Å²) < 4.78 is 5.24. The van der Waals surface area contributed by atoms with Crippen molar-refractivity contribution in [2.45, 2.75) is 13.8 Å². The number of aromatic nitrogens is 5. The summed E-state index contributed by atoms with van der Waals surface area (Å²) in [5.41, 5.74) is 4.63. The molecule has 0 atom stereocenters. The molecule has 9 heteroatoms. The first-order valence-electron chi connectivity index (χ1n) is 8.06. The molecular formula is C18H14Cl2N6O. The Balaban J connectivity index is 1.75. The zero-order valence-electron chi connectivity index (χ0n) is 14.4. The molecule has 0 bridgehead atoms. The fraction of sp³-hybridized carbons (Fsp3) is 0.111. The summed E-state index contributed by atoms with van der Waals surface area (Å²) in [6.07, 6.45) is 0. The Hall–Kier alpha value is -2.90. The molecule has 136 valence electrons. The third-order valence-corrected chi connectivity index (χ3v) is 4.73. The van der Waals surface area contributed by atoms with Gasteiger partial charge in [0.2, 0.25) is 5.82 Å². The van der Waals surface area contributed by atoms with Crippen LogP contribution in [0.2, 0.25) is 10.0 Å². The number of aromatic amines is 1. The molecule has 0 saturated carbocycles. The van der Waals surface area contributed by atoms with E-state index < -0.39 is 0 Å². The molecule has 0 aliphatic rings. The van der Waals surface area contributed by atoms with E-state index in [9.17, 15) is 0 Å². The van der Waals surface area contributed by atoms with Crippen molar-refractivity contribution in [3.8, 4) is 22.5 Å². The van der Waals surface area contributed by atoms with Gasteiger partial charge in [-0.1, -0.05) is 40.5 Å². The smallest absolute Gasteiger partial charge is 0.206 e. The van der Waals surface area contributed by atoms with Crippen LogP contribution >= 0.6 is 23.2 Å². The molecule has 0 amide bonds. The highest BCUT2D eigenvalue weighted by Crippen LogP contribution is 2.40. The van der Waals surface area contributed by atoms with E-state index in [1.165, 1.54) is 0 Å². The molecule has 0 radical (unpaired) electrons. The molecule has 2 aromatic heterocycles. The van der Waals surface area contributed by atoms with Crippen LogP contribution in [0.3, 0.4) is 0 Å². The zero-order valence-corrected chi connectivity index (χ0v) is 15.9. The van der Waals surface area contributed by atoms with Crippen LogP contribution in [0.5, 0.6) is 0 Å². The number of hydrogen-bond donors (Lipinski definition) is 2. The van der Waals surface area contributed by atoms with Crippen LogP contribution in [0, 0.1) is 13.8 Å². The molecule has 0 saturated heterocycles. The van der Waals surface area contributed by atoms with Gasteiger partial charge >= 0.3 is 0 Å². The summed E-state index contributed by atoms with van der Waals surface area (Å²) in [6.45, 7) is 3.73. The lowest BCUT2D eigenvalue weighted by molar-refractivity contribution is 0.393. The predicted octanol–water partition coefficient (Wildman–Crippen LogP) is 5.19. The molecule has 2 heterocycles. The van der Waals surface area contributed by atoms with E-state index in [1.54, 1.807) is 0 Å². The summed E-state index contributed by atoms with van der Waals surface area (Å²) in [7, 11) is 0. The van der Waals surface area contributed by atoms with Crippen molar-refractivity contribution in [1.82, 2.24) is 25.8 Å². The number of nitrogens with zero attached hydrogens (tertiary/aromatic N) is 4. The second-order valence-corrected chi connectivity index (χ2v) is 6.73. The molecular weight excluding hydrogens is 387 g/mol. The molecule has 4 rings (SSSR count). The van der Waals surface area contributed by atoms with Crippen LogP contribution in [0.25, 0.3) is 22.5 Å². The van der Waals surface area contributed by atoms with E-state index in [0.29, 0.717) is 27.3 Å². The average molecular weight is 401 g/mol. The lowest BCUT2D eigenvalue weighted by atomic mass is 10.0. The number of benzene rings is 2. The molecule has 7 nitrogen and oxygen atoms in total. The summed E-state index contributed by atoms with van der Waals surface area (Å²) in [5.74, 6) is 1.18. The van der Waals surface area contributed by atoms with Crippen molar-refractivity contribution in [3.63, 3.8) is 0 Å². The number of nitrogens with one attached hydrogen (secondary N) is 2. The van der Waals surface area contributed by atoms with Crippen molar-refractivity contribution >= 4 is 34.6 Å². The first kappa shape index (κ1) is 17.5. The molecule has 4 aromatic rings. The van der Waals surface area contributed by atoms with Gasteiger partial charge in [0.1, 0.15) is 5.76 Å². The predicted molar refractivity (Wildman–Crippen MR) is 104 cm³/mol. The molecule has 0 aliphatic heterocycles. The zero-order chi connectivity index (χ0) is 19.0. The van der Waals surface area contributed by atoms with Gasteiger partial charge in [-0.05, 0) is 48.9 Å². The molecule has 2 N–H and O–H groups in total. The molecule has 27 heavy (non-hydrogen) atoms. The number of hydrogen-bond acceptors (Lipinski definition) is 6. The molecule has 0 spiro atoms. The maximum Gasteiger partial charge on any atom is 0.206 e. The largest absolute Gasteiger partial charge is 0.361 e. The first-order chi connectivity index (χ1) is 13.0. The lowest BCUT2D eigenvalue weighted by Crippen LogP contribution is -1.97. The van der Waals surface area contributed by atoms with Gasteiger partial charge in [-0.3, -0.25) is 0 Å². The van der Waals surface area contributed by atoms with Crippen molar-refractivity contribution in [3.05, 3.63) is 57.9 Å². The van der Waals surface area contributed by atoms with E-state index in [-0.39, 0.29) is 0 Å². The molecule has 0 unspecified atom stereocenters. The van der Waals surface area contributed by atoms with E-state index in [4.69, 9.17) is 27.7 Å². The van der Waals surface area contributed by atoms with E-state index in [1.807, 2.05) is 50.2 Å². The number of halogens is 2. The number of anilines is 2. The second kappa shape index (κ2) is 7.02. The van der Waals surface area contributed by atoms with Gasteiger partial charge < -0.3 is 9.84 Å². The topological polar surface area (TPSA) is 92.5 Å². The number of aryl methyl sites for hydroxylation is 2. The Morgan fingerprint density at radius 2 is 1.81 bits per heavy atom. The first-order valence-corrected chi connectivity index (χ1v) is 8.82. The highest BCUT2D eigenvalue weighted by Gasteiger charge is 2.17. The van der Waals surface area contributed by atoms with E-state index in [0.717, 1.165) is 28.1 Å². The Labute approximate surface area is 164 Å². The fourth-order valence-electron chi connectivity index (χ4n) is 2.93. The minimum atomic E-state index is 0.470. The second-order valence-electron chi connectivity index (χ2n) is 5.92. The van der Waals surface area contributed by atoms with Gasteiger partial charge in [-0.25, -0.2) is 0 Å². The highest BCUT2D eigenvalue weighted by molar-refractivity contribution is 6.39. The third kappa shape index (κ3) is 3.27. The summed E-state index contributed by atoms with van der Waals surface area (Å²) >= 11 is 13.1. The Morgan fingerprint density at radius 3 is 2.44 bits per heavy atom. The lowest BCUT2D eigenvalue weighted by Gasteiger charge is -2.14. The summed E-state index contributed by atoms with van der Waals surface area (Å²) in [6, 6.07) is 11.2. The van der Waals surface area contributed by atoms with Crippen LogP contribution in [-0.4, -0.2) is 25.8 Å².